The highest BCUT2D eigenvalue weighted by molar-refractivity contribution is 7.99. The molecule has 22 heavy (non-hydrogen) atoms. The molecule has 1 amide bonds. The molecule has 6 heteroatoms. The summed E-state index contributed by atoms with van der Waals surface area (Å²) in [7, 11) is 0. The fourth-order valence-electron chi connectivity index (χ4n) is 3.06. The first kappa shape index (κ1) is 18.0. The molecule has 2 aliphatic rings. The van der Waals surface area contributed by atoms with Gasteiger partial charge in [-0.2, -0.15) is 11.8 Å². The average molecular weight is 329 g/mol. The monoisotopic (exact) mass is 328 g/mol. The Morgan fingerprint density at radius 1 is 1.23 bits per heavy atom. The van der Waals surface area contributed by atoms with Gasteiger partial charge in [0.2, 0.25) is 5.91 Å². The van der Waals surface area contributed by atoms with Crippen molar-refractivity contribution in [3.8, 4) is 0 Å². The highest BCUT2D eigenvalue weighted by Gasteiger charge is 2.16. The third kappa shape index (κ3) is 6.86. The summed E-state index contributed by atoms with van der Waals surface area (Å²) in [6, 6.07) is 0.369. The number of hydrogen-bond donors (Lipinski definition) is 2. The van der Waals surface area contributed by atoms with Crippen molar-refractivity contribution < 1.29 is 4.79 Å². The molecule has 0 bridgehead atoms. The number of rotatable bonds is 8. The number of hydrogen-bond acceptors (Lipinski definition) is 5. The van der Waals surface area contributed by atoms with Crippen molar-refractivity contribution in [2.24, 2.45) is 0 Å². The zero-order chi connectivity index (χ0) is 15.6. The molecule has 2 rings (SSSR count). The van der Waals surface area contributed by atoms with Gasteiger partial charge in [-0.05, 0) is 25.9 Å². The molecule has 5 nitrogen and oxygen atoms in total. The Kier molecular flexibility index (Phi) is 8.59. The molecular formula is C16H32N4OS. The van der Waals surface area contributed by atoms with E-state index in [-0.39, 0.29) is 5.91 Å². The van der Waals surface area contributed by atoms with Crippen LogP contribution in [0.5, 0.6) is 0 Å². The molecular weight excluding hydrogens is 296 g/mol. The number of carbonyl (C=O) groups is 1. The molecule has 128 valence electrons. The van der Waals surface area contributed by atoms with E-state index in [0.717, 1.165) is 25.3 Å². The lowest BCUT2D eigenvalue weighted by Gasteiger charge is -2.33. The van der Waals surface area contributed by atoms with Crippen molar-refractivity contribution in [2.75, 3.05) is 63.9 Å². The Balaban J connectivity index is 1.44. The fraction of sp³-hybridized carbons (Fsp3) is 0.938. The lowest BCUT2D eigenvalue weighted by atomic mass is 10.2. The summed E-state index contributed by atoms with van der Waals surface area (Å²) >= 11 is 1.94. The van der Waals surface area contributed by atoms with Gasteiger partial charge in [0, 0.05) is 63.2 Å². The van der Waals surface area contributed by atoms with Crippen LogP contribution in [0.15, 0.2) is 0 Å². The second-order valence-corrected chi connectivity index (χ2v) is 7.41. The molecule has 0 aliphatic carbocycles. The Morgan fingerprint density at radius 3 is 2.68 bits per heavy atom. The van der Waals surface area contributed by atoms with Crippen molar-refractivity contribution in [2.45, 2.75) is 32.2 Å². The van der Waals surface area contributed by atoms with E-state index in [0.29, 0.717) is 12.5 Å². The van der Waals surface area contributed by atoms with Gasteiger partial charge in [-0.1, -0.05) is 6.92 Å². The first-order chi connectivity index (χ1) is 10.8. The van der Waals surface area contributed by atoms with Gasteiger partial charge in [0.25, 0.3) is 0 Å². The van der Waals surface area contributed by atoms with Crippen molar-refractivity contribution in [1.29, 1.82) is 0 Å². The van der Waals surface area contributed by atoms with Gasteiger partial charge in [0.15, 0.2) is 0 Å². The number of piperazine rings is 1. The summed E-state index contributed by atoms with van der Waals surface area (Å²) in [6.45, 7) is 11.3. The molecule has 0 aromatic carbocycles. The van der Waals surface area contributed by atoms with E-state index in [1.54, 1.807) is 0 Å². The number of thioether (sulfide) groups is 1. The minimum absolute atomic E-state index is 0.205. The van der Waals surface area contributed by atoms with E-state index < -0.39 is 0 Å². The zero-order valence-electron chi connectivity index (χ0n) is 14.0. The summed E-state index contributed by atoms with van der Waals surface area (Å²) in [6.07, 6.45) is 2.91. The third-order valence-corrected chi connectivity index (χ3v) is 5.70. The van der Waals surface area contributed by atoms with Gasteiger partial charge in [-0.25, -0.2) is 0 Å². The molecule has 2 fully saturated rings. The summed E-state index contributed by atoms with van der Waals surface area (Å²) in [5.74, 6) is 2.44. The quantitative estimate of drug-likeness (QED) is 0.640. The third-order valence-electron chi connectivity index (χ3n) is 4.57. The van der Waals surface area contributed by atoms with E-state index >= 15 is 0 Å². The summed E-state index contributed by atoms with van der Waals surface area (Å²) in [5, 5.41) is 6.48. The largest absolute Gasteiger partial charge is 0.356 e. The molecule has 1 atom stereocenters. The van der Waals surface area contributed by atoms with E-state index in [1.165, 1.54) is 51.4 Å². The first-order valence-corrected chi connectivity index (χ1v) is 9.96. The van der Waals surface area contributed by atoms with Gasteiger partial charge in [-0.3, -0.25) is 4.79 Å². The van der Waals surface area contributed by atoms with Crippen LogP contribution in [0.1, 0.15) is 26.2 Å². The van der Waals surface area contributed by atoms with Gasteiger partial charge in [0.1, 0.15) is 0 Å². The van der Waals surface area contributed by atoms with Crippen molar-refractivity contribution in [3.63, 3.8) is 0 Å². The van der Waals surface area contributed by atoms with Crippen molar-refractivity contribution in [3.05, 3.63) is 0 Å². The number of nitrogens with one attached hydrogen (secondary N) is 2. The Hall–Kier alpha value is -0.300. The standard InChI is InChI=1S/C16H32N4OS/c1-2-19-8-10-20(11-9-19)7-4-3-5-18-16(21)13-15-14-22-12-6-17-15/h15,17H,2-14H2,1H3,(H,18,21). The molecule has 0 aromatic rings. The lowest BCUT2D eigenvalue weighted by molar-refractivity contribution is -0.121. The summed E-state index contributed by atoms with van der Waals surface area (Å²) < 4.78 is 0. The van der Waals surface area contributed by atoms with Crippen LogP contribution in [-0.2, 0) is 4.79 Å². The van der Waals surface area contributed by atoms with Crippen LogP contribution in [0.3, 0.4) is 0 Å². The number of unbranched alkanes of at least 4 members (excludes halogenated alkanes) is 1. The molecule has 1 unspecified atom stereocenters. The van der Waals surface area contributed by atoms with Crippen molar-refractivity contribution >= 4 is 17.7 Å². The molecule has 2 heterocycles. The van der Waals surface area contributed by atoms with Gasteiger partial charge in [0.05, 0.1) is 0 Å². The first-order valence-electron chi connectivity index (χ1n) is 8.80. The van der Waals surface area contributed by atoms with Gasteiger partial charge < -0.3 is 20.4 Å². The molecule has 0 saturated carbocycles. The van der Waals surface area contributed by atoms with Crippen molar-refractivity contribution in [1.82, 2.24) is 20.4 Å². The van der Waals surface area contributed by atoms with E-state index in [2.05, 4.69) is 27.4 Å². The zero-order valence-corrected chi connectivity index (χ0v) is 14.8. The number of carbonyl (C=O) groups excluding carboxylic acids is 1. The van der Waals surface area contributed by atoms with Crippen LogP contribution in [0.2, 0.25) is 0 Å². The highest BCUT2D eigenvalue weighted by atomic mass is 32.2. The molecule has 0 radical (unpaired) electrons. The van der Waals surface area contributed by atoms with Crippen LogP contribution >= 0.6 is 11.8 Å². The van der Waals surface area contributed by atoms with Crippen LogP contribution in [-0.4, -0.2) is 85.6 Å². The van der Waals surface area contributed by atoms with Crippen LogP contribution in [0.25, 0.3) is 0 Å². The Morgan fingerprint density at radius 2 is 2.00 bits per heavy atom. The predicted molar refractivity (Wildman–Crippen MR) is 94.5 cm³/mol. The summed E-state index contributed by atoms with van der Waals surface area (Å²) in [4.78, 5) is 16.9. The molecule has 2 aliphatic heterocycles. The average Bonchev–Trinajstić information content (AvgIpc) is 2.56. The SMILES string of the molecule is CCN1CCN(CCCCNC(=O)CC2CSCCN2)CC1. The lowest BCUT2D eigenvalue weighted by Crippen LogP contribution is -2.46. The topological polar surface area (TPSA) is 47.6 Å². The van der Waals surface area contributed by atoms with E-state index in [4.69, 9.17) is 0 Å². The van der Waals surface area contributed by atoms with Crippen LogP contribution in [0.4, 0.5) is 0 Å². The smallest absolute Gasteiger partial charge is 0.221 e. The number of amides is 1. The number of likely N-dealkylation sites (N-methyl/N-ethyl adjacent to an activating group) is 1. The van der Waals surface area contributed by atoms with E-state index in [1.807, 2.05) is 11.8 Å². The van der Waals surface area contributed by atoms with Crippen LogP contribution in [0, 0.1) is 0 Å². The second-order valence-electron chi connectivity index (χ2n) is 6.26. The minimum atomic E-state index is 0.205. The highest BCUT2D eigenvalue weighted by Crippen LogP contribution is 2.10. The Bertz CT molecular complexity index is 315. The predicted octanol–water partition coefficient (Wildman–Crippen LogP) is 0.615. The van der Waals surface area contributed by atoms with Gasteiger partial charge in [-0.15, -0.1) is 0 Å². The second kappa shape index (κ2) is 10.5. The number of nitrogens with zero attached hydrogens (tertiary/aromatic N) is 2. The minimum Gasteiger partial charge on any atom is -0.356 e. The molecule has 0 aromatic heterocycles. The maximum atomic E-state index is 11.9. The molecule has 0 spiro atoms. The fourth-order valence-corrected chi connectivity index (χ4v) is 4.01. The van der Waals surface area contributed by atoms with Crippen LogP contribution < -0.4 is 10.6 Å². The Labute approximate surface area is 139 Å². The normalized spacial score (nSPS) is 24.3. The maximum Gasteiger partial charge on any atom is 0.221 e. The van der Waals surface area contributed by atoms with E-state index in [9.17, 15) is 4.79 Å². The molecule has 2 saturated heterocycles. The van der Waals surface area contributed by atoms with Gasteiger partial charge >= 0.3 is 0 Å². The summed E-state index contributed by atoms with van der Waals surface area (Å²) in [5.41, 5.74) is 0. The maximum absolute atomic E-state index is 11.9. The molecule has 2 N–H and O–H groups in total.